The predicted octanol–water partition coefficient (Wildman–Crippen LogP) is 19.3. The molecule has 0 aliphatic rings. The fourth-order valence-corrected chi connectivity index (χ4v) is 10.9. The van der Waals surface area contributed by atoms with Gasteiger partial charge in [-0.25, -0.2) is 4.98 Å². The van der Waals surface area contributed by atoms with Gasteiger partial charge in [0.1, 0.15) is 17.3 Å². The summed E-state index contributed by atoms with van der Waals surface area (Å²) in [6, 6.07) is 78.0. The first kappa shape index (κ1) is 42.6. The van der Waals surface area contributed by atoms with Gasteiger partial charge in [-0.2, -0.15) is 0 Å². The van der Waals surface area contributed by atoms with Crippen molar-refractivity contribution in [1.82, 2.24) is 14.1 Å². The Morgan fingerprint density at radius 3 is 1.47 bits per heavy atom. The van der Waals surface area contributed by atoms with Crippen LogP contribution >= 0.6 is 0 Å². The molecule has 0 aliphatic carbocycles. The quantitative estimate of drug-likeness (QED) is 0.0956. The lowest BCUT2D eigenvalue weighted by Crippen LogP contribution is -2.31. The van der Waals surface area contributed by atoms with Crippen LogP contribution in [0.2, 0.25) is 0 Å². The molecule has 14 aromatic rings. The second-order valence-corrected chi connectivity index (χ2v) is 21.2. The molecule has 0 spiro atoms. The highest BCUT2D eigenvalue weighted by molar-refractivity contribution is 6.09. The molecule has 0 bridgehead atoms. The van der Waals surface area contributed by atoms with Gasteiger partial charge in [0, 0.05) is 23.0 Å². The van der Waals surface area contributed by atoms with E-state index in [1.165, 1.54) is 5.56 Å². The first-order valence-corrected chi connectivity index (χ1v) is 27.2. The lowest BCUT2D eigenvalue weighted by atomic mass is 9.88. The van der Waals surface area contributed by atoms with Gasteiger partial charge >= 0.3 is 0 Å². The molecule has 81 heavy (non-hydrogen) atoms. The van der Waals surface area contributed by atoms with Gasteiger partial charge in [0.2, 0.25) is 0 Å². The largest absolute Gasteiger partial charge is 0.458 e. The molecule has 0 atom stereocenters. The van der Waals surface area contributed by atoms with Crippen molar-refractivity contribution in [3.05, 3.63) is 297 Å². The van der Waals surface area contributed by atoms with E-state index in [0.29, 0.717) is 78.3 Å². The molecule has 386 valence electrons. The number of rotatable bonds is 11. The van der Waals surface area contributed by atoms with E-state index >= 15 is 0 Å². The summed E-state index contributed by atoms with van der Waals surface area (Å²) >= 11 is 0. The van der Waals surface area contributed by atoms with E-state index in [4.69, 9.17) is 9.72 Å². The van der Waals surface area contributed by atoms with E-state index in [1.54, 1.807) is 0 Å². The van der Waals surface area contributed by atoms with Gasteiger partial charge in [0.15, 0.2) is 0 Å². The highest BCUT2D eigenvalue weighted by atomic mass is 16.5. The normalized spacial score (nSPS) is 12.7. The zero-order valence-electron chi connectivity index (χ0n) is 50.9. The molecule has 3 heterocycles. The zero-order chi connectivity index (χ0) is 59.7. The van der Waals surface area contributed by atoms with Crippen LogP contribution in [-0.4, -0.2) is 14.1 Å². The molecule has 14 rings (SSSR count). The molecule has 0 amide bonds. The van der Waals surface area contributed by atoms with Crippen LogP contribution in [0.15, 0.2) is 285 Å². The van der Waals surface area contributed by atoms with Crippen LogP contribution in [0.5, 0.6) is 11.5 Å². The van der Waals surface area contributed by atoms with E-state index < -0.39 is 0 Å². The van der Waals surface area contributed by atoms with Crippen LogP contribution in [0.4, 0.5) is 0 Å². The summed E-state index contributed by atoms with van der Waals surface area (Å²) in [5.74, 6) is 2.03. The number of aromatic nitrogens is 4. The Balaban J connectivity index is 1.01. The Morgan fingerprint density at radius 2 is 0.901 bits per heavy atom. The second-order valence-electron chi connectivity index (χ2n) is 21.2. The topological polar surface area (TPSA) is 35.9 Å². The average Bonchev–Trinajstić information content (AvgIpc) is 2.30. The molecule has 0 radical (unpaired) electrons. The number of hydrogen-bond donors (Lipinski definition) is 0. The summed E-state index contributed by atoms with van der Waals surface area (Å²) in [7, 11) is 0. The average molecular weight is 1050 g/mol. The molecular weight excluding hydrogens is 985 g/mol. The smallest absolute Gasteiger partial charge is 0.269 e. The maximum Gasteiger partial charge on any atom is 0.269 e. The zero-order valence-corrected chi connectivity index (χ0v) is 44.9. The summed E-state index contributed by atoms with van der Waals surface area (Å²) < 4.78 is 73.8. The predicted molar refractivity (Wildman–Crippen MR) is 334 cm³/mol. The van der Waals surface area contributed by atoms with E-state index in [0.717, 1.165) is 38.8 Å². The molecule has 3 aromatic heterocycles. The first-order chi connectivity index (χ1) is 42.3. The maximum absolute atomic E-state index is 10.3. The SMILES string of the molecule is [2H]c1c(-c2ccccc2)c([2H])c(-c2cccc(-c3c([2H])c(-c4ccccc4)c([2H])c(-c4ccccc4)c3[2H])c2-[n+]2[c-]n(-c3cccc(Oc4ccc5c6ccccc6n(-c6cc(C(C)(C)C)ccn6)c5c4)c3)c3ccccc32)c([2H])c1-c1ccccc1. The number of pyridine rings is 1. The van der Waals surface area contributed by atoms with Gasteiger partial charge < -0.3 is 4.74 Å². The molecule has 0 aliphatic heterocycles. The highest BCUT2D eigenvalue weighted by Gasteiger charge is 2.23. The Labute approximate surface area is 481 Å². The number of para-hydroxylation sites is 4. The molecule has 0 saturated heterocycles. The van der Waals surface area contributed by atoms with Crippen LogP contribution < -0.4 is 9.30 Å². The number of ether oxygens (including phenoxy) is 1. The van der Waals surface area contributed by atoms with Gasteiger partial charge in [-0.05, 0) is 163 Å². The van der Waals surface area contributed by atoms with Crippen LogP contribution in [0.3, 0.4) is 0 Å². The molecule has 11 aromatic carbocycles. The number of imidazole rings is 1. The second kappa shape index (κ2) is 20.5. The maximum atomic E-state index is 10.3. The van der Waals surface area contributed by atoms with Gasteiger partial charge in [-0.1, -0.05) is 209 Å². The summed E-state index contributed by atoms with van der Waals surface area (Å²) in [4.78, 5) is 4.90. The Bertz CT molecular complexity index is 4700. The van der Waals surface area contributed by atoms with Crippen molar-refractivity contribution in [2.45, 2.75) is 26.2 Å². The van der Waals surface area contributed by atoms with Crippen molar-refractivity contribution in [3.63, 3.8) is 0 Å². The van der Waals surface area contributed by atoms with E-state index in [9.17, 15) is 8.22 Å². The molecule has 0 fully saturated rings. The van der Waals surface area contributed by atoms with E-state index in [-0.39, 0.29) is 52.8 Å². The number of nitrogens with zero attached hydrogens (tertiary/aromatic N) is 4. The summed E-state index contributed by atoms with van der Waals surface area (Å²) in [6.45, 7) is 6.62. The summed E-state index contributed by atoms with van der Waals surface area (Å²) in [6.07, 6.45) is 5.63. The van der Waals surface area contributed by atoms with Gasteiger partial charge in [-0.3, -0.25) is 13.7 Å². The molecule has 0 saturated carbocycles. The van der Waals surface area contributed by atoms with Crippen molar-refractivity contribution in [3.8, 4) is 95.5 Å². The Kier molecular flexibility index (Phi) is 10.8. The third kappa shape index (κ3) is 9.35. The Hall–Kier alpha value is -10.4. The van der Waals surface area contributed by atoms with Crippen LogP contribution in [0.25, 0.3) is 117 Å². The van der Waals surface area contributed by atoms with Gasteiger partial charge in [0.25, 0.3) is 6.33 Å². The number of benzene rings is 11. The van der Waals surface area contributed by atoms with Crippen molar-refractivity contribution in [1.29, 1.82) is 0 Å². The van der Waals surface area contributed by atoms with Crippen molar-refractivity contribution in [2.75, 3.05) is 0 Å². The molecule has 0 unspecified atom stereocenters. The number of fused-ring (bicyclic) bond motifs is 4. The van der Waals surface area contributed by atoms with Crippen molar-refractivity contribution < 1.29 is 17.5 Å². The fourth-order valence-electron chi connectivity index (χ4n) is 10.9. The monoisotopic (exact) mass is 1050 g/mol. The van der Waals surface area contributed by atoms with Crippen LogP contribution in [-0.2, 0) is 5.41 Å². The van der Waals surface area contributed by atoms with E-state index in [2.05, 4.69) is 80.2 Å². The summed E-state index contributed by atoms with van der Waals surface area (Å²) in [5.41, 5.74) is 11.1. The minimum Gasteiger partial charge on any atom is -0.458 e. The number of hydrogen-bond acceptors (Lipinski definition) is 2. The highest BCUT2D eigenvalue weighted by Crippen LogP contribution is 2.42. The van der Waals surface area contributed by atoms with Crippen LogP contribution in [0, 0.1) is 6.33 Å². The third-order valence-corrected chi connectivity index (χ3v) is 14.9. The lowest BCUT2D eigenvalue weighted by molar-refractivity contribution is -0.571. The Morgan fingerprint density at radius 1 is 0.420 bits per heavy atom. The summed E-state index contributed by atoms with van der Waals surface area (Å²) in [5, 5.41) is 2.18. The van der Waals surface area contributed by atoms with Crippen molar-refractivity contribution in [2.24, 2.45) is 0 Å². The van der Waals surface area contributed by atoms with Crippen LogP contribution in [0.1, 0.15) is 34.6 Å². The molecular formula is C76H56N4O. The molecule has 5 nitrogen and oxygen atoms in total. The van der Waals surface area contributed by atoms with E-state index in [1.807, 2.05) is 209 Å². The third-order valence-electron chi connectivity index (χ3n) is 14.9. The molecule has 5 heteroatoms. The fraction of sp³-hybridized carbons (Fsp3) is 0.0526. The minimum absolute atomic E-state index is 0.0228. The van der Waals surface area contributed by atoms with Gasteiger partial charge in [-0.15, -0.1) is 0 Å². The minimum atomic E-state index is -0.0842. The van der Waals surface area contributed by atoms with Crippen molar-refractivity contribution >= 4 is 32.8 Å². The molecule has 0 N–H and O–H groups in total. The van der Waals surface area contributed by atoms with Gasteiger partial charge in [0.05, 0.1) is 41.7 Å². The standard InChI is InChI=1S/C76H56N4O/c1-76(2,3)62-40-41-77-74(48-62)80-70-35-17-16-32-68(70)69-39-38-65(50-73(69)80)81-64-31-20-30-63(49-64)78-51-79(72-37-19-18-36-71(72)78)75-66(60-44-56(52-22-8-4-9-23-52)42-57(45-60)53-24-10-5-11-25-53)33-21-34-67(75)61-46-58(54-26-12-6-13-27-54)43-59(47-61)55-28-14-7-15-29-55/h4-50H,1-3H3/i42D,43D,44D,45D,46D,47D. The lowest BCUT2D eigenvalue weighted by Gasteiger charge is -2.20. The first-order valence-electron chi connectivity index (χ1n) is 30.2.